The van der Waals surface area contributed by atoms with Gasteiger partial charge in [-0.2, -0.15) is 9.29 Å². The number of nitrogens with zero attached hydrogens (tertiary/aromatic N) is 3. The average Bonchev–Trinajstić information content (AvgIpc) is 3.40. The predicted molar refractivity (Wildman–Crippen MR) is 125 cm³/mol. The number of rotatable bonds is 6. The first-order chi connectivity index (χ1) is 15.7. The molecule has 3 aromatic rings. The van der Waals surface area contributed by atoms with Crippen LogP contribution in [-0.4, -0.2) is 49.0 Å². The van der Waals surface area contributed by atoms with Crippen molar-refractivity contribution in [3.05, 3.63) is 40.1 Å². The molecule has 9 nitrogen and oxygen atoms in total. The van der Waals surface area contributed by atoms with Crippen LogP contribution in [-0.2, 0) is 14.8 Å². The number of hydrogen-bond donors (Lipinski definition) is 1. The average molecular weight is 511 g/mol. The molecule has 1 atom stereocenters. The summed E-state index contributed by atoms with van der Waals surface area (Å²) in [4.78, 5) is 18.5. The molecule has 1 N–H and O–H groups in total. The number of piperidine rings is 1. The fourth-order valence-corrected chi connectivity index (χ4v) is 7.00. The number of anilines is 1. The van der Waals surface area contributed by atoms with Crippen LogP contribution in [0.3, 0.4) is 0 Å². The lowest BCUT2D eigenvalue weighted by Gasteiger charge is -2.31. The standard InChI is InChI=1S/C21H23ClN4O5S2/c1-12-19(10-18(32-12)20-23-13(2)31-25-20)33(28,29)26-8-4-5-14(11-26)21(27)24-15-6-7-17(30-3)16(22)9-15/h6-7,9-10,14H,4-5,8,11H2,1-3H3,(H,24,27)/t14-/m1/s1. The van der Waals surface area contributed by atoms with E-state index in [1.165, 1.54) is 22.8 Å². The van der Waals surface area contributed by atoms with Crippen LogP contribution in [0, 0.1) is 19.8 Å². The lowest BCUT2D eigenvalue weighted by Crippen LogP contribution is -2.43. The molecule has 1 aliphatic rings. The maximum Gasteiger partial charge on any atom is 0.244 e. The largest absolute Gasteiger partial charge is 0.495 e. The van der Waals surface area contributed by atoms with Crippen molar-refractivity contribution in [3.8, 4) is 16.5 Å². The Hall–Kier alpha value is -2.47. The van der Waals surface area contributed by atoms with Crippen molar-refractivity contribution in [1.29, 1.82) is 0 Å². The molecule has 0 unspecified atom stereocenters. The van der Waals surface area contributed by atoms with Crippen molar-refractivity contribution in [3.63, 3.8) is 0 Å². The van der Waals surface area contributed by atoms with Crippen molar-refractivity contribution in [1.82, 2.24) is 14.4 Å². The summed E-state index contributed by atoms with van der Waals surface area (Å²) < 4.78 is 38.3. The predicted octanol–water partition coefficient (Wildman–Crippen LogP) is 4.12. The van der Waals surface area contributed by atoms with E-state index in [4.69, 9.17) is 20.9 Å². The molecule has 0 spiro atoms. The van der Waals surface area contributed by atoms with Gasteiger partial charge in [-0.1, -0.05) is 16.8 Å². The molecule has 1 saturated heterocycles. The second-order valence-electron chi connectivity index (χ2n) is 7.71. The van der Waals surface area contributed by atoms with Crippen LogP contribution in [0.5, 0.6) is 5.75 Å². The summed E-state index contributed by atoms with van der Waals surface area (Å²) >= 11 is 7.43. The van der Waals surface area contributed by atoms with Crippen LogP contribution in [0.15, 0.2) is 33.7 Å². The Morgan fingerprint density at radius 2 is 2.12 bits per heavy atom. The number of hydrogen-bond acceptors (Lipinski definition) is 8. The molecule has 0 bridgehead atoms. The Labute approximate surface area is 200 Å². The van der Waals surface area contributed by atoms with E-state index in [0.717, 1.165) is 0 Å². The number of thiophene rings is 1. The van der Waals surface area contributed by atoms with Gasteiger partial charge in [0.15, 0.2) is 0 Å². The zero-order chi connectivity index (χ0) is 23.8. The van der Waals surface area contributed by atoms with Crippen molar-refractivity contribution < 1.29 is 22.5 Å². The van der Waals surface area contributed by atoms with Crippen LogP contribution in [0.2, 0.25) is 5.02 Å². The minimum absolute atomic E-state index is 0.101. The first-order valence-electron chi connectivity index (χ1n) is 10.2. The van der Waals surface area contributed by atoms with Crippen molar-refractivity contribution in [2.24, 2.45) is 5.92 Å². The van der Waals surface area contributed by atoms with Crippen molar-refractivity contribution in [2.75, 3.05) is 25.5 Å². The van der Waals surface area contributed by atoms with E-state index in [1.807, 2.05) is 0 Å². The molecule has 1 aromatic carbocycles. The number of aryl methyl sites for hydroxylation is 2. The van der Waals surface area contributed by atoms with Gasteiger partial charge in [0, 0.05) is 30.6 Å². The molecule has 3 heterocycles. The van der Waals surface area contributed by atoms with Crippen LogP contribution in [0.1, 0.15) is 23.6 Å². The molecule has 1 aliphatic heterocycles. The molecular formula is C21H23ClN4O5S2. The molecule has 2 aromatic heterocycles. The normalized spacial score (nSPS) is 17.2. The first-order valence-corrected chi connectivity index (χ1v) is 12.9. The number of sulfonamides is 1. The van der Waals surface area contributed by atoms with Gasteiger partial charge in [0.05, 0.1) is 27.8 Å². The highest BCUT2D eigenvalue weighted by Gasteiger charge is 2.35. The Bertz CT molecular complexity index is 1290. The van der Waals surface area contributed by atoms with E-state index in [1.54, 1.807) is 38.1 Å². The maximum absolute atomic E-state index is 13.4. The van der Waals surface area contributed by atoms with Crippen LogP contribution < -0.4 is 10.1 Å². The van der Waals surface area contributed by atoms with Gasteiger partial charge in [0.25, 0.3) is 0 Å². The fraction of sp³-hybridized carbons (Fsp3) is 0.381. The van der Waals surface area contributed by atoms with Gasteiger partial charge in [0.2, 0.25) is 27.6 Å². The summed E-state index contributed by atoms with van der Waals surface area (Å²) in [5.41, 5.74) is 0.527. The number of carbonyl (C=O) groups is 1. The summed E-state index contributed by atoms with van der Waals surface area (Å²) in [6.45, 7) is 3.87. The van der Waals surface area contributed by atoms with Gasteiger partial charge < -0.3 is 14.6 Å². The number of ether oxygens (including phenoxy) is 1. The Morgan fingerprint density at radius 3 is 2.79 bits per heavy atom. The number of halogens is 1. The molecule has 1 fully saturated rings. The van der Waals surface area contributed by atoms with Crippen molar-refractivity contribution in [2.45, 2.75) is 31.6 Å². The molecule has 12 heteroatoms. The summed E-state index contributed by atoms with van der Waals surface area (Å²) in [5.74, 6) is 0.541. The van der Waals surface area contributed by atoms with Gasteiger partial charge in [-0.05, 0) is 44.0 Å². The molecule has 1 amide bonds. The van der Waals surface area contributed by atoms with Crippen LogP contribution in [0.4, 0.5) is 5.69 Å². The smallest absolute Gasteiger partial charge is 0.244 e. The zero-order valence-corrected chi connectivity index (χ0v) is 20.7. The first kappa shape index (κ1) is 23.7. The topological polar surface area (TPSA) is 115 Å². The third-order valence-corrected chi connectivity index (χ3v) is 8.87. The number of methoxy groups -OCH3 is 1. The Morgan fingerprint density at radius 1 is 1.33 bits per heavy atom. The SMILES string of the molecule is COc1ccc(NC(=O)[C@@H]2CCCN(S(=O)(=O)c3cc(-c4noc(C)n4)sc3C)C2)cc1Cl. The third-order valence-electron chi connectivity index (χ3n) is 5.41. The third kappa shape index (κ3) is 4.91. The fourth-order valence-electron chi connectivity index (χ4n) is 3.73. The van der Waals surface area contributed by atoms with Gasteiger partial charge in [0.1, 0.15) is 5.75 Å². The van der Waals surface area contributed by atoms with Gasteiger partial charge in [-0.3, -0.25) is 4.79 Å². The highest BCUT2D eigenvalue weighted by Crippen LogP contribution is 2.35. The number of aromatic nitrogens is 2. The van der Waals surface area contributed by atoms with Crippen LogP contribution >= 0.6 is 22.9 Å². The Kier molecular flexibility index (Phi) is 6.76. The summed E-state index contributed by atoms with van der Waals surface area (Å²) in [6, 6.07) is 6.53. The summed E-state index contributed by atoms with van der Waals surface area (Å²) in [7, 11) is -2.28. The van der Waals surface area contributed by atoms with E-state index in [0.29, 0.717) is 57.3 Å². The van der Waals surface area contributed by atoms with Crippen molar-refractivity contribution >= 4 is 44.6 Å². The Balaban J connectivity index is 1.50. The molecule has 0 saturated carbocycles. The molecule has 4 rings (SSSR count). The molecule has 0 aliphatic carbocycles. The lowest BCUT2D eigenvalue weighted by molar-refractivity contribution is -0.120. The minimum Gasteiger partial charge on any atom is -0.495 e. The quantitative estimate of drug-likeness (QED) is 0.530. The number of benzene rings is 1. The van der Waals surface area contributed by atoms with Gasteiger partial charge in [-0.15, -0.1) is 11.3 Å². The number of amides is 1. The second kappa shape index (κ2) is 9.41. The molecule has 176 valence electrons. The zero-order valence-electron chi connectivity index (χ0n) is 18.3. The van der Waals surface area contributed by atoms with Gasteiger partial charge in [-0.25, -0.2) is 8.42 Å². The maximum atomic E-state index is 13.4. The summed E-state index contributed by atoms with van der Waals surface area (Å²) in [5, 5.41) is 7.08. The monoisotopic (exact) mass is 510 g/mol. The van der Waals surface area contributed by atoms with Crippen LogP contribution in [0.25, 0.3) is 10.7 Å². The summed E-state index contributed by atoms with van der Waals surface area (Å²) in [6.07, 6.45) is 1.18. The minimum atomic E-state index is -3.79. The highest BCUT2D eigenvalue weighted by molar-refractivity contribution is 7.89. The molecule has 33 heavy (non-hydrogen) atoms. The van der Waals surface area contributed by atoms with E-state index in [2.05, 4.69) is 15.5 Å². The number of nitrogens with one attached hydrogen (secondary N) is 1. The number of carbonyl (C=O) groups excluding carboxylic acids is 1. The van der Waals surface area contributed by atoms with E-state index in [-0.39, 0.29) is 17.3 Å². The van der Waals surface area contributed by atoms with Gasteiger partial charge >= 0.3 is 0 Å². The van der Waals surface area contributed by atoms with E-state index >= 15 is 0 Å². The van der Waals surface area contributed by atoms with E-state index in [9.17, 15) is 13.2 Å². The molecule has 0 radical (unpaired) electrons. The molecular weight excluding hydrogens is 488 g/mol. The van der Waals surface area contributed by atoms with E-state index < -0.39 is 15.9 Å². The highest BCUT2D eigenvalue weighted by atomic mass is 35.5. The lowest BCUT2D eigenvalue weighted by atomic mass is 9.98. The second-order valence-corrected chi connectivity index (χ2v) is 11.3.